The van der Waals surface area contributed by atoms with E-state index < -0.39 is 6.04 Å². The van der Waals surface area contributed by atoms with Crippen molar-refractivity contribution in [3.8, 4) is 0 Å². The van der Waals surface area contributed by atoms with Crippen LogP contribution in [0.1, 0.15) is 36.2 Å². The van der Waals surface area contributed by atoms with Crippen LogP contribution in [-0.4, -0.2) is 11.8 Å². The lowest BCUT2D eigenvalue weighted by molar-refractivity contribution is 0.0951. The van der Waals surface area contributed by atoms with Gasteiger partial charge in [-0.05, 0) is 43.0 Å². The third-order valence-electron chi connectivity index (χ3n) is 2.50. The number of carbonyl (C=O) groups is 1. The first-order valence-corrected chi connectivity index (χ1v) is 5.47. The molecule has 0 aliphatic rings. The molecule has 0 fully saturated rings. The number of carbonyl (C=O) groups excluding carboxylic acids is 1. The Morgan fingerprint density at radius 3 is 2.56 bits per heavy atom. The Kier molecular flexibility index (Phi) is 4.19. The number of Topliss-reactive ketones (excluding diaryl/α,β-unsaturated/α-hetero) is 1. The van der Waals surface area contributed by atoms with Gasteiger partial charge in [0.05, 0.1) is 6.04 Å². The molecule has 0 radical (unpaired) electrons. The molecule has 16 heavy (non-hydrogen) atoms. The van der Waals surface area contributed by atoms with Gasteiger partial charge in [0.25, 0.3) is 0 Å². The molecular formula is C13H18FNO. The Morgan fingerprint density at radius 1 is 1.44 bits per heavy atom. The largest absolute Gasteiger partial charge is 0.321 e. The third kappa shape index (κ3) is 3.14. The Hall–Kier alpha value is -1.22. The molecule has 0 spiro atoms. The first-order chi connectivity index (χ1) is 7.41. The van der Waals surface area contributed by atoms with Gasteiger partial charge >= 0.3 is 0 Å². The van der Waals surface area contributed by atoms with Gasteiger partial charge in [-0.1, -0.05) is 13.8 Å². The minimum Gasteiger partial charge on any atom is -0.321 e. The minimum absolute atomic E-state index is 0.114. The zero-order valence-corrected chi connectivity index (χ0v) is 9.96. The Morgan fingerprint density at radius 2 is 2.06 bits per heavy atom. The van der Waals surface area contributed by atoms with Crippen LogP contribution in [0.3, 0.4) is 0 Å². The highest BCUT2D eigenvalue weighted by molar-refractivity contribution is 6.00. The molecule has 0 aromatic heterocycles. The Bertz CT molecular complexity index is 388. The van der Waals surface area contributed by atoms with Crippen LogP contribution < -0.4 is 5.73 Å². The van der Waals surface area contributed by atoms with E-state index in [1.165, 1.54) is 12.1 Å². The molecule has 2 N–H and O–H groups in total. The average Bonchev–Trinajstić information content (AvgIpc) is 2.20. The minimum atomic E-state index is -0.495. The van der Waals surface area contributed by atoms with E-state index in [-0.39, 0.29) is 11.6 Å². The molecule has 0 heterocycles. The number of ketones is 1. The fraction of sp³-hybridized carbons (Fsp3) is 0.462. The normalized spacial score (nSPS) is 12.9. The highest BCUT2D eigenvalue weighted by Crippen LogP contribution is 2.13. The smallest absolute Gasteiger partial charge is 0.179 e. The summed E-state index contributed by atoms with van der Waals surface area (Å²) in [4.78, 5) is 11.9. The summed E-state index contributed by atoms with van der Waals surface area (Å²) in [6.45, 7) is 5.67. The molecule has 0 bridgehead atoms. The van der Waals surface area contributed by atoms with Gasteiger partial charge in [0.1, 0.15) is 5.82 Å². The Balaban J connectivity index is 2.84. The van der Waals surface area contributed by atoms with Crippen molar-refractivity contribution in [2.75, 3.05) is 0 Å². The van der Waals surface area contributed by atoms with E-state index in [0.717, 1.165) is 0 Å². The summed E-state index contributed by atoms with van der Waals surface area (Å²) in [7, 11) is 0. The molecular weight excluding hydrogens is 205 g/mol. The lowest BCUT2D eigenvalue weighted by Gasteiger charge is -2.13. The maximum Gasteiger partial charge on any atom is 0.179 e. The summed E-state index contributed by atoms with van der Waals surface area (Å²) < 4.78 is 13.0. The van der Waals surface area contributed by atoms with E-state index in [2.05, 4.69) is 0 Å². The summed E-state index contributed by atoms with van der Waals surface area (Å²) >= 11 is 0. The summed E-state index contributed by atoms with van der Waals surface area (Å²) in [5, 5.41) is 0. The van der Waals surface area contributed by atoms with Crippen LogP contribution in [0.25, 0.3) is 0 Å². The molecule has 0 aliphatic heterocycles. The highest BCUT2D eigenvalue weighted by atomic mass is 19.1. The number of benzene rings is 1. The highest BCUT2D eigenvalue weighted by Gasteiger charge is 2.17. The third-order valence-corrected chi connectivity index (χ3v) is 2.50. The van der Waals surface area contributed by atoms with Crippen LogP contribution in [0.15, 0.2) is 18.2 Å². The number of rotatable bonds is 4. The van der Waals surface area contributed by atoms with E-state index in [1.807, 2.05) is 13.8 Å². The van der Waals surface area contributed by atoms with Crippen LogP contribution in [-0.2, 0) is 0 Å². The van der Waals surface area contributed by atoms with E-state index in [1.54, 1.807) is 13.0 Å². The lowest BCUT2D eigenvalue weighted by atomic mass is 9.96. The topological polar surface area (TPSA) is 43.1 Å². The van der Waals surface area contributed by atoms with Crippen molar-refractivity contribution in [1.29, 1.82) is 0 Å². The second-order valence-electron chi connectivity index (χ2n) is 4.56. The zero-order valence-electron chi connectivity index (χ0n) is 9.96. The molecule has 0 saturated carbocycles. The molecule has 1 aromatic rings. The molecule has 0 saturated heterocycles. The van der Waals surface area contributed by atoms with Crippen molar-refractivity contribution in [3.63, 3.8) is 0 Å². The van der Waals surface area contributed by atoms with Gasteiger partial charge in [0.15, 0.2) is 5.78 Å². The standard InChI is InChI=1S/C13H18FNO/c1-8(2)6-12(15)13(16)10-4-5-11(14)9(3)7-10/h4-5,7-8,12H,6,15H2,1-3H3. The quantitative estimate of drug-likeness (QED) is 0.797. The Labute approximate surface area is 95.7 Å². The van der Waals surface area contributed by atoms with E-state index in [9.17, 15) is 9.18 Å². The fourth-order valence-electron chi connectivity index (χ4n) is 1.63. The number of halogens is 1. The maximum absolute atomic E-state index is 13.0. The van der Waals surface area contributed by atoms with Gasteiger partial charge in [0.2, 0.25) is 0 Å². The molecule has 1 aromatic carbocycles. The van der Waals surface area contributed by atoms with Crippen LogP contribution in [0, 0.1) is 18.7 Å². The summed E-state index contributed by atoms with van der Waals surface area (Å²) in [5.41, 5.74) is 6.76. The van der Waals surface area contributed by atoms with Gasteiger partial charge in [-0.15, -0.1) is 0 Å². The van der Waals surface area contributed by atoms with Crippen molar-refractivity contribution in [2.24, 2.45) is 11.7 Å². The van der Waals surface area contributed by atoms with Crippen LogP contribution >= 0.6 is 0 Å². The predicted octanol–water partition coefficient (Wildman–Crippen LogP) is 2.69. The summed E-state index contributed by atoms with van der Waals surface area (Å²) in [6.07, 6.45) is 0.648. The SMILES string of the molecule is Cc1cc(C(=O)C(N)CC(C)C)ccc1F. The van der Waals surface area contributed by atoms with Crippen molar-refractivity contribution in [1.82, 2.24) is 0 Å². The monoisotopic (exact) mass is 223 g/mol. The van der Waals surface area contributed by atoms with E-state index >= 15 is 0 Å². The molecule has 0 aliphatic carbocycles. The van der Waals surface area contributed by atoms with Crippen molar-refractivity contribution >= 4 is 5.78 Å². The molecule has 1 atom stereocenters. The molecule has 0 amide bonds. The van der Waals surface area contributed by atoms with Crippen molar-refractivity contribution < 1.29 is 9.18 Å². The molecule has 1 rings (SSSR count). The van der Waals surface area contributed by atoms with Gasteiger partial charge in [-0.25, -0.2) is 4.39 Å². The first kappa shape index (κ1) is 12.8. The zero-order chi connectivity index (χ0) is 12.3. The second-order valence-corrected chi connectivity index (χ2v) is 4.56. The van der Waals surface area contributed by atoms with E-state index in [4.69, 9.17) is 5.73 Å². The average molecular weight is 223 g/mol. The molecule has 3 heteroatoms. The van der Waals surface area contributed by atoms with Crippen LogP contribution in [0.4, 0.5) is 4.39 Å². The van der Waals surface area contributed by atoms with Gasteiger partial charge in [0, 0.05) is 5.56 Å². The first-order valence-electron chi connectivity index (χ1n) is 5.47. The van der Waals surface area contributed by atoms with Crippen molar-refractivity contribution in [2.45, 2.75) is 33.2 Å². The molecule has 88 valence electrons. The summed E-state index contributed by atoms with van der Waals surface area (Å²) in [6, 6.07) is 3.86. The van der Waals surface area contributed by atoms with Gasteiger partial charge in [-0.2, -0.15) is 0 Å². The van der Waals surface area contributed by atoms with E-state index in [0.29, 0.717) is 23.5 Å². The second kappa shape index (κ2) is 5.21. The predicted molar refractivity (Wildman–Crippen MR) is 62.9 cm³/mol. The van der Waals surface area contributed by atoms with Crippen LogP contribution in [0.5, 0.6) is 0 Å². The number of hydrogen-bond acceptors (Lipinski definition) is 2. The van der Waals surface area contributed by atoms with Crippen molar-refractivity contribution in [3.05, 3.63) is 35.1 Å². The number of hydrogen-bond donors (Lipinski definition) is 1. The van der Waals surface area contributed by atoms with Gasteiger partial charge in [-0.3, -0.25) is 4.79 Å². The molecule has 1 unspecified atom stereocenters. The maximum atomic E-state index is 13.0. The van der Waals surface area contributed by atoms with Crippen LogP contribution in [0.2, 0.25) is 0 Å². The lowest BCUT2D eigenvalue weighted by Crippen LogP contribution is -2.32. The molecule has 2 nitrogen and oxygen atoms in total. The number of aryl methyl sites for hydroxylation is 1. The fourth-order valence-corrected chi connectivity index (χ4v) is 1.63. The summed E-state index contributed by atoms with van der Waals surface area (Å²) in [5.74, 6) is -0.0359. The number of nitrogens with two attached hydrogens (primary N) is 1. The van der Waals surface area contributed by atoms with Gasteiger partial charge < -0.3 is 5.73 Å².